The smallest absolute Gasteiger partial charge is 0.155 e. The molecule has 115 valence electrons. The predicted octanol–water partition coefficient (Wildman–Crippen LogP) is 5.72. The summed E-state index contributed by atoms with van der Waals surface area (Å²) in [7, 11) is 2.30. The maximum Gasteiger partial charge on any atom is 0.219 e. The minimum atomic E-state index is 1.14. The van der Waals surface area contributed by atoms with E-state index in [0.717, 1.165) is 4.91 Å². The summed E-state index contributed by atoms with van der Waals surface area (Å²) >= 11 is 7.35. The van der Waals surface area contributed by atoms with E-state index >= 15 is 0 Å². The molecule has 0 aliphatic rings. The third kappa shape index (κ3) is 4.82. The Hall–Kier alpha value is -0.355. The number of thioether (sulfide) groups is 2. The van der Waals surface area contributed by atoms with Crippen LogP contribution in [-0.2, 0) is 0 Å². The van der Waals surface area contributed by atoms with Gasteiger partial charge >= 0.3 is 0 Å². The Balaban J connectivity index is 2.14. The lowest BCUT2D eigenvalue weighted by Gasteiger charge is -1.98. The summed E-state index contributed by atoms with van der Waals surface area (Å²) in [5, 5.41) is 0. The average Bonchev–Trinajstić information content (AvgIpc) is 2.93. The molecule has 0 saturated heterocycles. The maximum atomic E-state index is 3.99. The zero-order chi connectivity index (χ0) is 16.3. The molecular formula is C17H20BS4. The highest BCUT2D eigenvalue weighted by molar-refractivity contribution is 8.03. The van der Waals surface area contributed by atoms with Gasteiger partial charge in [0.1, 0.15) is 0 Å². The molecule has 0 aliphatic carbocycles. The molecule has 22 heavy (non-hydrogen) atoms. The first-order valence-electron chi connectivity index (χ1n) is 7.08. The number of hydrogen-bond acceptors (Lipinski definition) is 4. The molecule has 2 rings (SSSR count). The topological polar surface area (TPSA) is 0 Å². The van der Waals surface area contributed by atoms with Crippen LogP contribution in [0.2, 0.25) is 0 Å². The Bertz CT molecular complexity index is 706. The highest BCUT2D eigenvalue weighted by atomic mass is 32.2. The van der Waals surface area contributed by atoms with Crippen molar-refractivity contribution in [3.05, 3.63) is 44.4 Å². The van der Waals surface area contributed by atoms with Crippen molar-refractivity contribution in [2.45, 2.75) is 44.4 Å². The Morgan fingerprint density at radius 1 is 1.05 bits per heavy atom. The Labute approximate surface area is 151 Å². The zero-order valence-electron chi connectivity index (χ0n) is 13.6. The van der Waals surface area contributed by atoms with Crippen LogP contribution in [0.5, 0.6) is 0 Å². The molecule has 0 unspecified atom stereocenters. The lowest BCUT2D eigenvalue weighted by atomic mass is 9.75. The van der Waals surface area contributed by atoms with Crippen molar-refractivity contribution in [2.24, 2.45) is 0 Å². The van der Waals surface area contributed by atoms with Crippen molar-refractivity contribution < 1.29 is 0 Å². The second kappa shape index (κ2) is 7.96. The van der Waals surface area contributed by atoms with Gasteiger partial charge in [-0.2, -0.15) is 22.7 Å². The fourth-order valence-electron chi connectivity index (χ4n) is 1.88. The van der Waals surface area contributed by atoms with Gasteiger partial charge in [-0.15, -0.1) is 0 Å². The number of aryl methyl sites for hydroxylation is 2. The molecule has 0 amide bonds. The van der Waals surface area contributed by atoms with Crippen LogP contribution >= 0.6 is 46.2 Å². The first-order chi connectivity index (χ1) is 10.4. The fourth-order valence-corrected chi connectivity index (χ4v) is 5.85. The molecule has 0 saturated carbocycles. The quantitative estimate of drug-likeness (QED) is 0.475. The van der Waals surface area contributed by atoms with Gasteiger partial charge in [0.15, 0.2) is 0 Å². The summed E-state index contributed by atoms with van der Waals surface area (Å²) < 4.78 is 2.65. The van der Waals surface area contributed by atoms with Crippen molar-refractivity contribution in [3.63, 3.8) is 0 Å². The minimum absolute atomic E-state index is 1.14. The largest absolute Gasteiger partial charge is 0.219 e. The molecule has 5 heteroatoms. The van der Waals surface area contributed by atoms with Gasteiger partial charge in [-0.1, -0.05) is 36.2 Å². The summed E-state index contributed by atoms with van der Waals surface area (Å²) in [4.78, 5) is 7.95. The molecular weight excluding hydrogens is 343 g/mol. The first-order valence-corrected chi connectivity index (χ1v) is 10.4. The van der Waals surface area contributed by atoms with Crippen molar-refractivity contribution >= 4 is 63.0 Å². The molecule has 0 spiro atoms. The average molecular weight is 363 g/mol. The molecule has 0 atom stereocenters. The third-order valence-electron chi connectivity index (χ3n) is 3.03. The standard InChI is InChI=1S/C17H20BS4/c1-7-11(4)20-15-9-17(22-13(15)6)18-16-8-14(12(5)21-16)19-10(2)3/h7-9H,2H2,1,3-6H3/b11-7-. The lowest BCUT2D eigenvalue weighted by molar-refractivity contribution is 1.42. The van der Waals surface area contributed by atoms with Crippen molar-refractivity contribution in [1.29, 1.82) is 0 Å². The zero-order valence-corrected chi connectivity index (χ0v) is 16.9. The van der Waals surface area contributed by atoms with Gasteiger partial charge in [-0.3, -0.25) is 0 Å². The maximum absolute atomic E-state index is 3.99. The van der Waals surface area contributed by atoms with Gasteiger partial charge in [0, 0.05) is 19.5 Å². The number of thiophene rings is 2. The van der Waals surface area contributed by atoms with Gasteiger partial charge in [0.2, 0.25) is 7.28 Å². The van der Waals surface area contributed by atoms with Crippen molar-refractivity contribution in [3.8, 4) is 0 Å². The van der Waals surface area contributed by atoms with E-state index in [4.69, 9.17) is 0 Å². The van der Waals surface area contributed by atoms with Gasteiger partial charge in [0.25, 0.3) is 0 Å². The van der Waals surface area contributed by atoms with Crippen LogP contribution in [0, 0.1) is 13.8 Å². The number of rotatable bonds is 6. The highest BCUT2D eigenvalue weighted by Crippen LogP contribution is 2.32. The highest BCUT2D eigenvalue weighted by Gasteiger charge is 2.12. The summed E-state index contributed by atoms with van der Waals surface area (Å²) in [5.74, 6) is 0. The normalized spacial score (nSPS) is 11.8. The summed E-state index contributed by atoms with van der Waals surface area (Å²) in [5.41, 5.74) is 0. The third-order valence-corrected chi connectivity index (χ3v) is 7.48. The second-order valence-electron chi connectivity index (χ2n) is 5.09. The van der Waals surface area contributed by atoms with Crippen LogP contribution in [0.25, 0.3) is 0 Å². The van der Waals surface area contributed by atoms with Crippen LogP contribution in [-0.4, -0.2) is 7.28 Å². The molecule has 0 bridgehead atoms. The second-order valence-corrected chi connectivity index (χ2v) is 10.3. The molecule has 0 nitrogen and oxygen atoms in total. The number of hydrogen-bond donors (Lipinski definition) is 0. The molecule has 2 aromatic rings. The molecule has 2 aromatic heterocycles. The van der Waals surface area contributed by atoms with E-state index in [0.29, 0.717) is 0 Å². The summed E-state index contributed by atoms with van der Waals surface area (Å²) in [6, 6.07) is 4.58. The molecule has 0 aromatic carbocycles. The van der Waals surface area contributed by atoms with E-state index in [1.54, 1.807) is 11.8 Å². The van der Waals surface area contributed by atoms with E-state index in [1.165, 1.54) is 34.0 Å². The van der Waals surface area contributed by atoms with E-state index < -0.39 is 0 Å². The van der Waals surface area contributed by atoms with Gasteiger partial charge in [-0.25, -0.2) is 0 Å². The first kappa shape index (κ1) is 18.0. The van der Waals surface area contributed by atoms with Crippen LogP contribution in [0.3, 0.4) is 0 Å². The molecule has 0 N–H and O–H groups in total. The van der Waals surface area contributed by atoms with Crippen LogP contribution < -0.4 is 9.55 Å². The fraction of sp³-hybridized carbons (Fsp3) is 0.294. The van der Waals surface area contributed by atoms with E-state index in [2.05, 4.69) is 66.7 Å². The van der Waals surface area contributed by atoms with Gasteiger partial charge in [-0.05, 0) is 66.1 Å². The minimum Gasteiger partial charge on any atom is -0.155 e. The number of allylic oxidation sites excluding steroid dienone is 3. The Kier molecular flexibility index (Phi) is 6.51. The van der Waals surface area contributed by atoms with Gasteiger partial charge < -0.3 is 0 Å². The molecule has 2 heterocycles. The monoisotopic (exact) mass is 363 g/mol. The molecule has 1 radical (unpaired) electrons. The van der Waals surface area contributed by atoms with Crippen LogP contribution in [0.4, 0.5) is 0 Å². The van der Waals surface area contributed by atoms with Crippen molar-refractivity contribution in [1.82, 2.24) is 0 Å². The van der Waals surface area contributed by atoms with Crippen LogP contribution in [0.15, 0.2) is 44.4 Å². The van der Waals surface area contributed by atoms with E-state index in [-0.39, 0.29) is 0 Å². The van der Waals surface area contributed by atoms with E-state index in [1.807, 2.05) is 34.4 Å². The van der Waals surface area contributed by atoms with E-state index in [9.17, 15) is 0 Å². The SMILES string of the molecule is C=C(C)Sc1cc([B]c2cc(S/C(C)=C\C)c(C)s2)sc1C. The summed E-state index contributed by atoms with van der Waals surface area (Å²) in [6.45, 7) is 14.7. The van der Waals surface area contributed by atoms with Crippen LogP contribution in [0.1, 0.15) is 30.5 Å². The van der Waals surface area contributed by atoms with Gasteiger partial charge in [0.05, 0.1) is 0 Å². The lowest BCUT2D eigenvalue weighted by Crippen LogP contribution is -2.21. The summed E-state index contributed by atoms with van der Waals surface area (Å²) in [6.07, 6.45) is 2.16. The Morgan fingerprint density at radius 2 is 1.55 bits per heavy atom. The predicted molar refractivity (Wildman–Crippen MR) is 109 cm³/mol. The van der Waals surface area contributed by atoms with Crippen molar-refractivity contribution in [2.75, 3.05) is 0 Å². The molecule has 0 fully saturated rings. The molecule has 0 aliphatic heterocycles. The Morgan fingerprint density at radius 3 is 2.00 bits per heavy atom.